The van der Waals surface area contributed by atoms with E-state index in [0.29, 0.717) is 17.1 Å². The van der Waals surface area contributed by atoms with Crippen LogP contribution in [-0.2, 0) is 17.6 Å². The number of aryl methyl sites for hydroxylation is 3. The molecule has 0 aliphatic heterocycles. The van der Waals surface area contributed by atoms with E-state index in [9.17, 15) is 9.59 Å². The van der Waals surface area contributed by atoms with Gasteiger partial charge in [0.2, 0.25) is 10.9 Å². The summed E-state index contributed by atoms with van der Waals surface area (Å²) in [6, 6.07) is 15.3. The molecule has 2 aromatic carbocycles. The monoisotopic (exact) mass is 394 g/mol. The summed E-state index contributed by atoms with van der Waals surface area (Å²) < 4.78 is 0. The zero-order valence-corrected chi connectivity index (χ0v) is 16.7. The van der Waals surface area contributed by atoms with Crippen molar-refractivity contribution < 1.29 is 9.59 Å². The number of aromatic nitrogens is 2. The van der Waals surface area contributed by atoms with E-state index in [1.54, 1.807) is 0 Å². The van der Waals surface area contributed by atoms with Crippen LogP contribution in [0.2, 0.25) is 0 Å². The smallest absolute Gasteiger partial charge is 0.286 e. The second kappa shape index (κ2) is 9.23. The third-order valence-electron chi connectivity index (χ3n) is 4.18. The first kappa shape index (κ1) is 19.7. The molecule has 3 aromatic rings. The Balaban J connectivity index is 1.50. The van der Waals surface area contributed by atoms with Gasteiger partial charge in [-0.1, -0.05) is 48.1 Å². The Morgan fingerprint density at radius 2 is 1.57 bits per heavy atom. The Hall–Kier alpha value is -3.06. The van der Waals surface area contributed by atoms with Gasteiger partial charge in [-0.3, -0.25) is 9.59 Å². The third-order valence-corrected chi connectivity index (χ3v) is 5.16. The van der Waals surface area contributed by atoms with Crippen LogP contribution in [0, 0.1) is 6.92 Å². The van der Waals surface area contributed by atoms with Crippen LogP contribution in [0.1, 0.15) is 39.3 Å². The maximum absolute atomic E-state index is 12.3. The topological polar surface area (TPSA) is 84.0 Å². The largest absolute Gasteiger partial charge is 0.326 e. The maximum atomic E-state index is 12.3. The predicted molar refractivity (Wildman–Crippen MR) is 112 cm³/mol. The van der Waals surface area contributed by atoms with Gasteiger partial charge in [-0.2, -0.15) is 0 Å². The number of hydrogen-bond donors (Lipinski definition) is 2. The number of benzene rings is 2. The van der Waals surface area contributed by atoms with E-state index in [2.05, 4.69) is 27.8 Å². The number of rotatable bonds is 7. The molecule has 1 heterocycles. The molecule has 7 heteroatoms. The number of hydrogen-bond acceptors (Lipinski definition) is 5. The standard InChI is InChI=1S/C21H22N4O2S/c1-3-15-6-10-16(11-7-15)22-18(26)12-13-19-24-25-21(28-19)20(27)23-17-8-4-14(2)5-9-17/h4-11H,3,12-13H2,1-2H3,(H,22,26)(H,23,27). The van der Waals surface area contributed by atoms with E-state index >= 15 is 0 Å². The number of amides is 2. The van der Waals surface area contributed by atoms with Gasteiger partial charge in [0.25, 0.3) is 5.91 Å². The molecule has 3 rings (SSSR count). The number of anilines is 2. The molecule has 0 atom stereocenters. The molecule has 0 aliphatic rings. The molecule has 0 saturated heterocycles. The van der Waals surface area contributed by atoms with Crippen LogP contribution in [0.25, 0.3) is 0 Å². The third kappa shape index (κ3) is 5.47. The summed E-state index contributed by atoms with van der Waals surface area (Å²) in [5.74, 6) is -0.391. The summed E-state index contributed by atoms with van der Waals surface area (Å²) in [5, 5.41) is 14.6. The lowest BCUT2D eigenvalue weighted by Crippen LogP contribution is -2.12. The number of nitrogens with one attached hydrogen (secondary N) is 2. The Morgan fingerprint density at radius 3 is 2.25 bits per heavy atom. The van der Waals surface area contributed by atoms with Gasteiger partial charge in [0.05, 0.1) is 0 Å². The van der Waals surface area contributed by atoms with Crippen LogP contribution in [0.5, 0.6) is 0 Å². The molecule has 28 heavy (non-hydrogen) atoms. The van der Waals surface area contributed by atoms with E-state index in [4.69, 9.17) is 0 Å². The van der Waals surface area contributed by atoms with Crippen LogP contribution >= 0.6 is 11.3 Å². The molecule has 6 nitrogen and oxygen atoms in total. The van der Waals surface area contributed by atoms with Crippen molar-refractivity contribution in [2.24, 2.45) is 0 Å². The van der Waals surface area contributed by atoms with E-state index in [0.717, 1.165) is 17.7 Å². The van der Waals surface area contributed by atoms with Crippen molar-refractivity contribution in [1.82, 2.24) is 10.2 Å². The van der Waals surface area contributed by atoms with E-state index in [-0.39, 0.29) is 23.2 Å². The van der Waals surface area contributed by atoms with Gasteiger partial charge in [-0.15, -0.1) is 10.2 Å². The van der Waals surface area contributed by atoms with Gasteiger partial charge in [-0.05, 0) is 43.2 Å². The first-order valence-corrected chi connectivity index (χ1v) is 9.94. The van der Waals surface area contributed by atoms with Crippen molar-refractivity contribution in [1.29, 1.82) is 0 Å². The molecular formula is C21H22N4O2S. The summed E-state index contributed by atoms with van der Waals surface area (Å²) in [4.78, 5) is 24.4. The second-order valence-electron chi connectivity index (χ2n) is 6.42. The van der Waals surface area contributed by atoms with Gasteiger partial charge >= 0.3 is 0 Å². The predicted octanol–water partition coefficient (Wildman–Crippen LogP) is 4.23. The molecule has 0 bridgehead atoms. The Kier molecular flexibility index (Phi) is 6.49. The fourth-order valence-corrected chi connectivity index (χ4v) is 3.27. The highest BCUT2D eigenvalue weighted by Gasteiger charge is 2.14. The van der Waals surface area contributed by atoms with Crippen molar-refractivity contribution in [3.8, 4) is 0 Å². The van der Waals surface area contributed by atoms with Crippen molar-refractivity contribution in [2.75, 3.05) is 10.6 Å². The molecule has 0 aliphatic carbocycles. The summed E-state index contributed by atoms with van der Waals surface area (Å²) in [5.41, 5.74) is 3.83. The van der Waals surface area contributed by atoms with Crippen LogP contribution < -0.4 is 10.6 Å². The minimum absolute atomic E-state index is 0.0925. The average Bonchev–Trinajstić information content (AvgIpc) is 3.18. The van der Waals surface area contributed by atoms with Gasteiger partial charge in [0.15, 0.2) is 0 Å². The van der Waals surface area contributed by atoms with Crippen molar-refractivity contribution >= 4 is 34.5 Å². The minimum Gasteiger partial charge on any atom is -0.326 e. The molecule has 144 valence electrons. The second-order valence-corrected chi connectivity index (χ2v) is 7.48. The SMILES string of the molecule is CCc1ccc(NC(=O)CCc2nnc(C(=O)Nc3ccc(C)cc3)s2)cc1. The van der Waals surface area contributed by atoms with Crippen LogP contribution in [0.15, 0.2) is 48.5 Å². The average molecular weight is 395 g/mol. The molecule has 2 N–H and O–H groups in total. The lowest BCUT2D eigenvalue weighted by atomic mass is 10.1. The lowest BCUT2D eigenvalue weighted by molar-refractivity contribution is -0.116. The van der Waals surface area contributed by atoms with Gasteiger partial charge in [0, 0.05) is 24.2 Å². The number of nitrogens with zero attached hydrogens (tertiary/aromatic N) is 2. The molecule has 0 spiro atoms. The summed E-state index contributed by atoms with van der Waals surface area (Å²) in [7, 11) is 0. The summed E-state index contributed by atoms with van der Waals surface area (Å²) in [6.45, 7) is 4.07. The normalized spacial score (nSPS) is 10.5. The Labute approximate surface area is 168 Å². The van der Waals surface area contributed by atoms with Gasteiger partial charge in [-0.25, -0.2) is 0 Å². The zero-order chi connectivity index (χ0) is 19.9. The van der Waals surface area contributed by atoms with Crippen molar-refractivity contribution in [2.45, 2.75) is 33.1 Å². The molecular weight excluding hydrogens is 372 g/mol. The molecule has 0 radical (unpaired) electrons. The zero-order valence-electron chi connectivity index (χ0n) is 15.9. The van der Waals surface area contributed by atoms with E-state index in [1.165, 1.54) is 16.9 Å². The highest BCUT2D eigenvalue weighted by atomic mass is 32.1. The van der Waals surface area contributed by atoms with E-state index < -0.39 is 0 Å². The molecule has 0 unspecified atom stereocenters. The minimum atomic E-state index is -0.298. The fraction of sp³-hybridized carbons (Fsp3) is 0.238. The highest BCUT2D eigenvalue weighted by Crippen LogP contribution is 2.16. The van der Waals surface area contributed by atoms with Crippen LogP contribution in [0.3, 0.4) is 0 Å². The Bertz CT molecular complexity index is 949. The van der Waals surface area contributed by atoms with Crippen LogP contribution in [-0.4, -0.2) is 22.0 Å². The number of carbonyl (C=O) groups excluding carboxylic acids is 2. The first-order valence-electron chi connectivity index (χ1n) is 9.12. The van der Waals surface area contributed by atoms with Gasteiger partial charge < -0.3 is 10.6 Å². The Morgan fingerprint density at radius 1 is 0.929 bits per heavy atom. The van der Waals surface area contributed by atoms with Crippen molar-refractivity contribution in [3.63, 3.8) is 0 Å². The van der Waals surface area contributed by atoms with Crippen molar-refractivity contribution in [3.05, 3.63) is 69.7 Å². The maximum Gasteiger partial charge on any atom is 0.286 e. The molecule has 0 saturated carbocycles. The quantitative estimate of drug-likeness (QED) is 0.628. The summed E-state index contributed by atoms with van der Waals surface area (Å²) in [6.07, 6.45) is 1.68. The van der Waals surface area contributed by atoms with Crippen LogP contribution in [0.4, 0.5) is 11.4 Å². The van der Waals surface area contributed by atoms with Gasteiger partial charge in [0.1, 0.15) is 5.01 Å². The molecule has 0 fully saturated rings. The highest BCUT2D eigenvalue weighted by molar-refractivity contribution is 7.13. The fourth-order valence-electron chi connectivity index (χ4n) is 2.54. The molecule has 2 amide bonds. The lowest BCUT2D eigenvalue weighted by Gasteiger charge is -2.05. The number of carbonyl (C=O) groups is 2. The molecule has 1 aromatic heterocycles. The summed E-state index contributed by atoms with van der Waals surface area (Å²) >= 11 is 1.20. The van der Waals surface area contributed by atoms with E-state index in [1.807, 2.05) is 55.5 Å². The first-order chi connectivity index (χ1) is 13.5.